The third-order valence-electron chi connectivity index (χ3n) is 5.20. The van der Waals surface area contributed by atoms with Crippen LogP contribution in [0.2, 0.25) is 0 Å². The zero-order valence-corrected chi connectivity index (χ0v) is 17.9. The SMILES string of the molecule is CC(NCc1cccc(NC(=O)NCc2ccncc2)c1)c1ccc(-n2ccnc2)cc1. The van der Waals surface area contributed by atoms with E-state index in [0.29, 0.717) is 13.1 Å². The molecule has 0 aliphatic heterocycles. The average Bonchev–Trinajstić information content (AvgIpc) is 3.37. The number of nitrogens with one attached hydrogen (secondary N) is 3. The van der Waals surface area contributed by atoms with Crippen molar-refractivity contribution in [2.24, 2.45) is 0 Å². The molecule has 1 atom stereocenters. The highest BCUT2D eigenvalue weighted by atomic mass is 16.2. The molecule has 7 nitrogen and oxygen atoms in total. The van der Waals surface area contributed by atoms with Gasteiger partial charge in [-0.3, -0.25) is 4.98 Å². The van der Waals surface area contributed by atoms with Gasteiger partial charge in [0.05, 0.1) is 6.33 Å². The first-order valence-electron chi connectivity index (χ1n) is 10.5. The molecular weight excluding hydrogens is 400 g/mol. The molecule has 0 saturated heterocycles. The summed E-state index contributed by atoms with van der Waals surface area (Å²) in [7, 11) is 0. The van der Waals surface area contributed by atoms with Crippen LogP contribution in [-0.2, 0) is 13.1 Å². The molecule has 4 aromatic rings. The summed E-state index contributed by atoms with van der Waals surface area (Å²) in [5.41, 5.74) is 5.14. The Balaban J connectivity index is 1.28. The Bertz CT molecular complexity index is 1130. The van der Waals surface area contributed by atoms with E-state index in [1.54, 1.807) is 24.9 Å². The summed E-state index contributed by atoms with van der Waals surface area (Å²) < 4.78 is 1.98. The number of rotatable bonds is 8. The molecule has 0 spiro atoms. The summed E-state index contributed by atoms with van der Waals surface area (Å²) in [4.78, 5) is 20.3. The van der Waals surface area contributed by atoms with Crippen LogP contribution in [0.15, 0.2) is 91.8 Å². The Hall–Kier alpha value is -3.97. The summed E-state index contributed by atoms with van der Waals surface area (Å²) in [6.45, 7) is 3.28. The summed E-state index contributed by atoms with van der Waals surface area (Å²) in [6, 6.07) is 20.0. The molecule has 2 aromatic heterocycles. The molecule has 2 heterocycles. The molecule has 2 amide bonds. The highest BCUT2D eigenvalue weighted by Crippen LogP contribution is 2.17. The maximum absolute atomic E-state index is 12.2. The minimum atomic E-state index is -0.238. The van der Waals surface area contributed by atoms with Gasteiger partial charge >= 0.3 is 6.03 Å². The predicted octanol–water partition coefficient (Wildman–Crippen LogP) is 4.44. The highest BCUT2D eigenvalue weighted by molar-refractivity contribution is 5.89. The van der Waals surface area contributed by atoms with Gasteiger partial charge in [-0.2, -0.15) is 0 Å². The molecule has 2 aromatic carbocycles. The largest absolute Gasteiger partial charge is 0.334 e. The molecule has 3 N–H and O–H groups in total. The van der Waals surface area contributed by atoms with Gasteiger partial charge in [-0.05, 0) is 60.0 Å². The normalized spacial score (nSPS) is 11.7. The monoisotopic (exact) mass is 426 g/mol. The molecule has 162 valence electrons. The Morgan fingerprint density at radius 1 is 0.938 bits per heavy atom. The van der Waals surface area contributed by atoms with E-state index in [9.17, 15) is 4.79 Å². The fraction of sp³-hybridized carbons (Fsp3) is 0.160. The minimum absolute atomic E-state index is 0.187. The smallest absolute Gasteiger partial charge is 0.319 e. The number of hydrogen-bond donors (Lipinski definition) is 3. The highest BCUT2D eigenvalue weighted by Gasteiger charge is 2.07. The van der Waals surface area contributed by atoms with Crippen molar-refractivity contribution in [3.05, 3.63) is 108 Å². The van der Waals surface area contributed by atoms with Crippen LogP contribution in [0.4, 0.5) is 10.5 Å². The van der Waals surface area contributed by atoms with E-state index in [0.717, 1.165) is 22.5 Å². The van der Waals surface area contributed by atoms with Crippen LogP contribution in [0.5, 0.6) is 0 Å². The van der Waals surface area contributed by atoms with E-state index in [1.165, 1.54) is 5.56 Å². The second kappa shape index (κ2) is 10.4. The van der Waals surface area contributed by atoms with Crippen LogP contribution in [-0.4, -0.2) is 20.6 Å². The maximum atomic E-state index is 12.2. The van der Waals surface area contributed by atoms with Gasteiger partial charge in [0.25, 0.3) is 0 Å². The lowest BCUT2D eigenvalue weighted by Gasteiger charge is -2.16. The van der Waals surface area contributed by atoms with E-state index < -0.39 is 0 Å². The molecule has 0 bridgehead atoms. The van der Waals surface area contributed by atoms with Crippen molar-refractivity contribution in [1.29, 1.82) is 0 Å². The zero-order valence-electron chi connectivity index (χ0n) is 17.9. The quantitative estimate of drug-likeness (QED) is 0.389. The lowest BCUT2D eigenvalue weighted by molar-refractivity contribution is 0.251. The zero-order chi connectivity index (χ0) is 22.2. The van der Waals surface area contributed by atoms with Gasteiger partial charge in [-0.1, -0.05) is 24.3 Å². The van der Waals surface area contributed by atoms with Crippen molar-refractivity contribution >= 4 is 11.7 Å². The minimum Gasteiger partial charge on any atom is -0.334 e. The lowest BCUT2D eigenvalue weighted by atomic mass is 10.1. The predicted molar refractivity (Wildman–Crippen MR) is 125 cm³/mol. The molecular formula is C25H26N6O. The molecule has 7 heteroatoms. The van der Waals surface area contributed by atoms with E-state index in [1.807, 2.05) is 47.2 Å². The second-order valence-corrected chi connectivity index (χ2v) is 7.53. The van der Waals surface area contributed by atoms with Gasteiger partial charge in [-0.15, -0.1) is 0 Å². The number of aromatic nitrogens is 3. The van der Waals surface area contributed by atoms with Gasteiger partial charge in [0.1, 0.15) is 0 Å². The van der Waals surface area contributed by atoms with Crippen LogP contribution in [0.3, 0.4) is 0 Å². The lowest BCUT2D eigenvalue weighted by Crippen LogP contribution is -2.28. The van der Waals surface area contributed by atoms with Crippen LogP contribution in [0.25, 0.3) is 5.69 Å². The number of carbonyl (C=O) groups is 1. The number of hydrogen-bond acceptors (Lipinski definition) is 4. The second-order valence-electron chi connectivity index (χ2n) is 7.53. The average molecular weight is 427 g/mol. The molecule has 1 unspecified atom stereocenters. The van der Waals surface area contributed by atoms with Crippen molar-refractivity contribution in [3.8, 4) is 5.69 Å². The molecule has 0 radical (unpaired) electrons. The summed E-state index contributed by atoms with van der Waals surface area (Å²) in [6.07, 6.45) is 8.90. The topological polar surface area (TPSA) is 83.9 Å². The molecule has 32 heavy (non-hydrogen) atoms. The molecule has 0 aliphatic carbocycles. The number of pyridine rings is 1. The first kappa shape index (κ1) is 21.3. The number of urea groups is 1. The number of imidazole rings is 1. The van der Waals surface area contributed by atoms with E-state index in [4.69, 9.17) is 0 Å². The van der Waals surface area contributed by atoms with Crippen LogP contribution >= 0.6 is 0 Å². The molecule has 0 saturated carbocycles. The van der Waals surface area contributed by atoms with Crippen molar-refractivity contribution in [1.82, 2.24) is 25.2 Å². The van der Waals surface area contributed by atoms with Crippen molar-refractivity contribution in [3.63, 3.8) is 0 Å². The van der Waals surface area contributed by atoms with Gasteiger partial charge in [0.2, 0.25) is 0 Å². The van der Waals surface area contributed by atoms with Crippen molar-refractivity contribution in [2.75, 3.05) is 5.32 Å². The van der Waals surface area contributed by atoms with Gasteiger partial charge in [0, 0.05) is 55.3 Å². The Kier molecular flexibility index (Phi) is 6.89. The Morgan fingerprint density at radius 2 is 1.75 bits per heavy atom. The molecule has 4 rings (SSSR count). The summed E-state index contributed by atoms with van der Waals surface area (Å²) in [5.74, 6) is 0. The number of benzene rings is 2. The van der Waals surface area contributed by atoms with Gasteiger partial charge in [0.15, 0.2) is 0 Å². The van der Waals surface area contributed by atoms with E-state index >= 15 is 0 Å². The fourth-order valence-electron chi connectivity index (χ4n) is 3.35. The van der Waals surface area contributed by atoms with Crippen molar-refractivity contribution in [2.45, 2.75) is 26.1 Å². The number of carbonyl (C=O) groups excluding carboxylic acids is 1. The first-order valence-corrected chi connectivity index (χ1v) is 10.5. The first-order chi connectivity index (χ1) is 15.7. The summed E-state index contributed by atoms with van der Waals surface area (Å²) >= 11 is 0. The number of nitrogens with zero attached hydrogens (tertiary/aromatic N) is 3. The van der Waals surface area contributed by atoms with Crippen molar-refractivity contribution < 1.29 is 4.79 Å². The Morgan fingerprint density at radius 3 is 2.50 bits per heavy atom. The fourth-order valence-corrected chi connectivity index (χ4v) is 3.35. The van der Waals surface area contributed by atoms with E-state index in [-0.39, 0.29) is 12.1 Å². The Labute approximate surface area is 187 Å². The van der Waals surface area contributed by atoms with Gasteiger partial charge < -0.3 is 20.5 Å². The van der Waals surface area contributed by atoms with E-state index in [2.05, 4.69) is 57.1 Å². The van der Waals surface area contributed by atoms with Gasteiger partial charge in [-0.25, -0.2) is 9.78 Å². The van der Waals surface area contributed by atoms with Crippen LogP contribution < -0.4 is 16.0 Å². The third kappa shape index (κ3) is 5.80. The number of amides is 2. The standard InChI is InChI=1S/C25H26N6O/c1-19(22-5-7-24(8-6-22)31-14-13-27-18-31)28-17-21-3-2-4-23(15-21)30-25(32)29-16-20-9-11-26-12-10-20/h2-15,18-19,28H,16-17H2,1H3,(H2,29,30,32). The molecule has 0 aliphatic rings. The van der Waals surface area contributed by atoms with Crippen LogP contribution in [0, 0.1) is 0 Å². The maximum Gasteiger partial charge on any atom is 0.319 e. The third-order valence-corrected chi connectivity index (χ3v) is 5.20. The summed E-state index contributed by atoms with van der Waals surface area (Å²) in [5, 5.41) is 9.29. The number of anilines is 1. The molecule has 0 fully saturated rings. The van der Waals surface area contributed by atoms with Crippen LogP contribution in [0.1, 0.15) is 29.7 Å².